The van der Waals surface area contributed by atoms with Crippen molar-refractivity contribution in [3.05, 3.63) is 0 Å². The highest BCUT2D eigenvalue weighted by Crippen LogP contribution is 2.22. The van der Waals surface area contributed by atoms with Gasteiger partial charge in [0.15, 0.2) is 0 Å². The number of amides is 1. The number of aliphatic hydroxyl groups excluding tert-OH is 1. The van der Waals surface area contributed by atoms with Crippen molar-refractivity contribution in [2.24, 2.45) is 5.92 Å². The summed E-state index contributed by atoms with van der Waals surface area (Å²) in [5.41, 5.74) is 0. The van der Waals surface area contributed by atoms with Crippen molar-refractivity contribution in [2.75, 3.05) is 52.1 Å². The highest BCUT2D eigenvalue weighted by Gasteiger charge is 2.32. The first-order valence-electron chi connectivity index (χ1n) is 7.91. The largest absolute Gasteiger partial charge is 0.392 e. The molecule has 1 atom stereocenters. The summed E-state index contributed by atoms with van der Waals surface area (Å²) in [7, 11) is -3.14. The van der Waals surface area contributed by atoms with Crippen molar-refractivity contribution in [3.8, 4) is 0 Å². The zero-order valence-corrected chi connectivity index (χ0v) is 14.3. The number of hydrogen-bond acceptors (Lipinski definition) is 5. The van der Waals surface area contributed by atoms with Crippen molar-refractivity contribution in [1.29, 1.82) is 0 Å². The van der Waals surface area contributed by atoms with Gasteiger partial charge in [-0.05, 0) is 19.8 Å². The van der Waals surface area contributed by atoms with Crippen LogP contribution in [0, 0.1) is 5.92 Å². The SMILES string of the molecule is C[C@@H](O)CN1CCN(C(=O)C2CCN(S(C)(=O)=O)CC2)CC1. The van der Waals surface area contributed by atoms with E-state index in [2.05, 4.69) is 4.90 Å². The summed E-state index contributed by atoms with van der Waals surface area (Å²) in [6.45, 7) is 6.27. The second kappa shape index (κ2) is 7.25. The van der Waals surface area contributed by atoms with Gasteiger partial charge in [0.25, 0.3) is 0 Å². The topological polar surface area (TPSA) is 81.2 Å². The second-order valence-corrected chi connectivity index (χ2v) is 8.39. The van der Waals surface area contributed by atoms with Crippen LogP contribution < -0.4 is 0 Å². The molecule has 128 valence electrons. The lowest BCUT2D eigenvalue weighted by molar-refractivity contribution is -0.138. The fraction of sp³-hybridized carbons (Fsp3) is 0.929. The van der Waals surface area contributed by atoms with E-state index in [1.165, 1.54) is 10.6 Å². The summed E-state index contributed by atoms with van der Waals surface area (Å²) in [4.78, 5) is 16.6. The van der Waals surface area contributed by atoms with E-state index < -0.39 is 10.0 Å². The van der Waals surface area contributed by atoms with Crippen molar-refractivity contribution >= 4 is 15.9 Å². The summed E-state index contributed by atoms with van der Waals surface area (Å²) in [6, 6.07) is 0. The highest BCUT2D eigenvalue weighted by molar-refractivity contribution is 7.88. The van der Waals surface area contributed by atoms with Gasteiger partial charge in [0.2, 0.25) is 15.9 Å². The van der Waals surface area contributed by atoms with Crippen LogP contribution in [0.15, 0.2) is 0 Å². The van der Waals surface area contributed by atoms with Gasteiger partial charge >= 0.3 is 0 Å². The average molecular weight is 333 g/mol. The number of rotatable bonds is 4. The van der Waals surface area contributed by atoms with Gasteiger partial charge in [-0.15, -0.1) is 0 Å². The third kappa shape index (κ3) is 4.65. The number of β-amino-alcohol motifs (C(OH)–C–C–N with tert-alkyl or cyclic N) is 1. The standard InChI is InChI=1S/C14H27N3O4S/c1-12(18)11-15-7-9-16(10-8-15)14(19)13-3-5-17(6-4-13)22(2,20)21/h12-13,18H,3-11H2,1-2H3/t12-/m1/s1. The Morgan fingerprint density at radius 3 is 2.14 bits per heavy atom. The van der Waals surface area contributed by atoms with Gasteiger partial charge in [0, 0.05) is 51.7 Å². The van der Waals surface area contributed by atoms with Gasteiger partial charge in [0.1, 0.15) is 0 Å². The first kappa shape index (κ1) is 17.7. The normalized spacial score (nSPS) is 24.4. The molecular weight excluding hydrogens is 306 g/mol. The Morgan fingerprint density at radius 2 is 1.68 bits per heavy atom. The van der Waals surface area contributed by atoms with Crippen LogP contribution in [0.4, 0.5) is 0 Å². The van der Waals surface area contributed by atoms with Gasteiger partial charge in [0.05, 0.1) is 12.4 Å². The van der Waals surface area contributed by atoms with Gasteiger partial charge in [-0.2, -0.15) is 0 Å². The van der Waals surface area contributed by atoms with E-state index in [1.54, 1.807) is 6.92 Å². The van der Waals surface area contributed by atoms with Crippen molar-refractivity contribution in [2.45, 2.75) is 25.9 Å². The number of hydrogen-bond donors (Lipinski definition) is 1. The maximum Gasteiger partial charge on any atom is 0.225 e. The molecule has 2 aliphatic rings. The predicted octanol–water partition coefficient (Wildman–Crippen LogP) is -0.817. The summed E-state index contributed by atoms with van der Waals surface area (Å²) < 4.78 is 24.4. The lowest BCUT2D eigenvalue weighted by Gasteiger charge is -2.38. The molecule has 0 saturated carbocycles. The molecule has 0 radical (unpaired) electrons. The number of carbonyl (C=O) groups is 1. The van der Waals surface area contributed by atoms with E-state index in [0.717, 1.165) is 13.1 Å². The Bertz CT molecular complexity index is 478. The predicted molar refractivity (Wildman–Crippen MR) is 83.8 cm³/mol. The second-order valence-electron chi connectivity index (χ2n) is 6.41. The Balaban J connectivity index is 1.79. The molecule has 0 spiro atoms. The molecule has 0 bridgehead atoms. The van der Waals surface area contributed by atoms with E-state index in [4.69, 9.17) is 0 Å². The van der Waals surface area contributed by atoms with Crippen LogP contribution in [0.25, 0.3) is 0 Å². The lowest BCUT2D eigenvalue weighted by atomic mass is 9.96. The minimum atomic E-state index is -3.14. The average Bonchev–Trinajstić information content (AvgIpc) is 2.46. The monoisotopic (exact) mass is 333 g/mol. The lowest BCUT2D eigenvalue weighted by Crippen LogP contribution is -2.52. The summed E-state index contributed by atoms with van der Waals surface area (Å²) in [6.07, 6.45) is 2.10. The van der Waals surface area contributed by atoms with E-state index >= 15 is 0 Å². The van der Waals surface area contributed by atoms with E-state index in [1.807, 2.05) is 4.90 Å². The Hall–Kier alpha value is -0.700. The quantitative estimate of drug-likeness (QED) is 0.727. The molecule has 1 amide bonds. The van der Waals surface area contributed by atoms with Crippen LogP contribution in [0.3, 0.4) is 0 Å². The first-order chi connectivity index (χ1) is 10.3. The van der Waals surface area contributed by atoms with E-state index in [-0.39, 0.29) is 17.9 Å². The van der Waals surface area contributed by atoms with Crippen molar-refractivity contribution in [1.82, 2.24) is 14.1 Å². The first-order valence-corrected chi connectivity index (χ1v) is 9.76. The fourth-order valence-electron chi connectivity index (χ4n) is 3.22. The van der Waals surface area contributed by atoms with Gasteiger partial charge in [-0.25, -0.2) is 12.7 Å². The zero-order chi connectivity index (χ0) is 16.3. The molecule has 2 aliphatic heterocycles. The molecule has 22 heavy (non-hydrogen) atoms. The molecule has 1 N–H and O–H groups in total. The molecule has 7 nitrogen and oxygen atoms in total. The summed E-state index contributed by atoms with van der Waals surface area (Å²) >= 11 is 0. The number of sulfonamides is 1. The molecule has 2 fully saturated rings. The van der Waals surface area contributed by atoms with Crippen LogP contribution in [0.1, 0.15) is 19.8 Å². The smallest absolute Gasteiger partial charge is 0.225 e. The molecule has 0 unspecified atom stereocenters. The van der Waals surface area contributed by atoms with Crippen molar-refractivity contribution < 1.29 is 18.3 Å². The molecule has 2 saturated heterocycles. The van der Waals surface area contributed by atoms with E-state index in [9.17, 15) is 18.3 Å². The Kier molecular flexibility index (Phi) is 5.81. The molecule has 0 aromatic rings. The number of aliphatic hydroxyl groups is 1. The number of piperidine rings is 1. The molecule has 0 aromatic carbocycles. The summed E-state index contributed by atoms with van der Waals surface area (Å²) in [5, 5.41) is 9.40. The molecule has 0 aliphatic carbocycles. The maximum atomic E-state index is 12.5. The Morgan fingerprint density at radius 1 is 1.14 bits per heavy atom. The number of carbonyl (C=O) groups excluding carboxylic acids is 1. The minimum absolute atomic E-state index is 0.0543. The molecule has 0 aromatic heterocycles. The third-order valence-electron chi connectivity index (χ3n) is 4.48. The Labute approximate surface area is 132 Å². The maximum absolute atomic E-state index is 12.5. The van der Waals surface area contributed by atoms with Gasteiger partial charge < -0.3 is 10.0 Å². The molecular formula is C14H27N3O4S. The summed E-state index contributed by atoms with van der Waals surface area (Å²) in [5.74, 6) is 0.103. The van der Waals surface area contributed by atoms with Gasteiger partial charge in [-0.3, -0.25) is 9.69 Å². The highest BCUT2D eigenvalue weighted by atomic mass is 32.2. The minimum Gasteiger partial charge on any atom is -0.392 e. The molecule has 2 rings (SSSR count). The fourth-order valence-corrected chi connectivity index (χ4v) is 4.09. The van der Waals surface area contributed by atoms with Gasteiger partial charge in [-0.1, -0.05) is 0 Å². The van der Waals surface area contributed by atoms with Crippen LogP contribution in [0.2, 0.25) is 0 Å². The third-order valence-corrected chi connectivity index (χ3v) is 5.78. The van der Waals surface area contributed by atoms with Crippen LogP contribution >= 0.6 is 0 Å². The molecule has 2 heterocycles. The molecule has 8 heteroatoms. The van der Waals surface area contributed by atoms with Crippen molar-refractivity contribution in [3.63, 3.8) is 0 Å². The van der Waals surface area contributed by atoms with Crippen LogP contribution in [0.5, 0.6) is 0 Å². The van der Waals surface area contributed by atoms with Crippen LogP contribution in [-0.2, 0) is 14.8 Å². The van der Waals surface area contributed by atoms with Crippen LogP contribution in [-0.4, -0.2) is 91.7 Å². The number of piperazine rings is 1. The zero-order valence-electron chi connectivity index (χ0n) is 13.4. The number of nitrogens with zero attached hydrogens (tertiary/aromatic N) is 3. The van der Waals surface area contributed by atoms with E-state index in [0.29, 0.717) is 45.6 Å².